The third-order valence-corrected chi connectivity index (χ3v) is 8.44. The minimum Gasteiger partial charge on any atom is -0.325 e. The van der Waals surface area contributed by atoms with Gasteiger partial charge in [-0.25, -0.2) is 8.42 Å². The van der Waals surface area contributed by atoms with E-state index in [0.29, 0.717) is 34.6 Å². The Balaban J connectivity index is 1.92. The lowest BCUT2D eigenvalue weighted by molar-refractivity contribution is -0.113. The number of thioether (sulfide) groups is 1. The Kier molecular flexibility index (Phi) is 11.4. The summed E-state index contributed by atoms with van der Waals surface area (Å²) in [6, 6.07) is 11.8. The van der Waals surface area contributed by atoms with E-state index in [1.54, 1.807) is 40.7 Å². The highest BCUT2D eigenvalue weighted by Gasteiger charge is 2.23. The second-order valence-corrected chi connectivity index (χ2v) is 11.2. The zero-order valence-electron chi connectivity index (χ0n) is 18.4. The number of nitrogens with zero attached hydrogens (tertiary/aromatic N) is 1. The Labute approximate surface area is 205 Å². The molecule has 0 bridgehead atoms. The van der Waals surface area contributed by atoms with E-state index in [9.17, 15) is 13.2 Å². The number of carbonyl (C=O) groups is 1. The molecule has 0 spiro atoms. The van der Waals surface area contributed by atoms with Crippen LogP contribution in [0.2, 0.25) is 10.0 Å². The van der Waals surface area contributed by atoms with Crippen LogP contribution < -0.4 is 5.32 Å². The number of amides is 1. The molecular weight excluding hydrogens is 487 g/mol. The van der Waals surface area contributed by atoms with E-state index in [1.807, 2.05) is 19.9 Å². The molecule has 1 N–H and O–H groups in total. The first-order valence-electron chi connectivity index (χ1n) is 10.7. The molecule has 0 unspecified atom stereocenters. The van der Waals surface area contributed by atoms with Gasteiger partial charge in [0.2, 0.25) is 15.9 Å². The lowest BCUT2D eigenvalue weighted by atomic mass is 10.2. The van der Waals surface area contributed by atoms with E-state index in [2.05, 4.69) is 5.32 Å². The van der Waals surface area contributed by atoms with E-state index in [4.69, 9.17) is 23.2 Å². The van der Waals surface area contributed by atoms with Crippen molar-refractivity contribution in [1.82, 2.24) is 4.31 Å². The molecule has 2 aromatic carbocycles. The second-order valence-electron chi connectivity index (χ2n) is 7.43. The van der Waals surface area contributed by atoms with Crippen molar-refractivity contribution in [1.29, 1.82) is 0 Å². The average Bonchev–Trinajstić information content (AvgIpc) is 2.76. The topological polar surface area (TPSA) is 66.5 Å². The number of halogens is 2. The molecule has 0 radical (unpaired) electrons. The van der Waals surface area contributed by atoms with Crippen LogP contribution in [-0.2, 0) is 20.6 Å². The van der Waals surface area contributed by atoms with Crippen LogP contribution in [0.1, 0.15) is 45.1 Å². The molecule has 2 aromatic rings. The summed E-state index contributed by atoms with van der Waals surface area (Å²) in [4.78, 5) is 12.5. The van der Waals surface area contributed by atoms with Gasteiger partial charge in [0, 0.05) is 24.5 Å². The summed E-state index contributed by atoms with van der Waals surface area (Å²) in [5, 5.41) is 3.80. The number of nitrogens with one attached hydrogen (secondary N) is 1. The molecule has 0 saturated carbocycles. The van der Waals surface area contributed by atoms with Gasteiger partial charge in [-0.05, 0) is 54.8 Å². The maximum absolute atomic E-state index is 13.0. The molecule has 2 rings (SSSR count). The third kappa shape index (κ3) is 8.27. The molecular formula is C23H30Cl2N2O3S2. The summed E-state index contributed by atoms with van der Waals surface area (Å²) in [6.45, 7) is 5.14. The standard InChI is InChI=1S/C23H30Cl2N2O3S2/c1-3-5-13-27(14-6-4-2)32(29,30)20-10-8-19(9-11-20)26-23(28)17-31-16-18-7-12-21(24)22(25)15-18/h7-12,15H,3-6,13-14,16-17H2,1-2H3,(H,26,28). The SMILES string of the molecule is CCCCN(CCCC)S(=O)(=O)c1ccc(NC(=O)CSCc2ccc(Cl)c(Cl)c2)cc1. The number of anilines is 1. The summed E-state index contributed by atoms with van der Waals surface area (Å²) in [6.07, 6.45) is 3.53. The van der Waals surface area contributed by atoms with Crippen LogP contribution in [-0.4, -0.2) is 37.5 Å². The third-order valence-electron chi connectivity index (χ3n) is 4.78. The molecule has 0 atom stereocenters. The number of benzene rings is 2. The predicted octanol–water partition coefficient (Wildman–Crippen LogP) is 6.46. The van der Waals surface area contributed by atoms with E-state index < -0.39 is 10.0 Å². The fourth-order valence-electron chi connectivity index (χ4n) is 2.97. The van der Waals surface area contributed by atoms with Crippen LogP contribution in [0.15, 0.2) is 47.4 Å². The van der Waals surface area contributed by atoms with Crippen LogP contribution in [0.25, 0.3) is 0 Å². The van der Waals surface area contributed by atoms with Crippen molar-refractivity contribution in [3.05, 3.63) is 58.1 Å². The highest BCUT2D eigenvalue weighted by Crippen LogP contribution is 2.25. The van der Waals surface area contributed by atoms with Crippen molar-refractivity contribution in [2.24, 2.45) is 0 Å². The molecule has 0 aliphatic carbocycles. The largest absolute Gasteiger partial charge is 0.325 e. The highest BCUT2D eigenvalue weighted by atomic mass is 35.5. The van der Waals surface area contributed by atoms with Gasteiger partial charge in [0.25, 0.3) is 0 Å². The van der Waals surface area contributed by atoms with Crippen LogP contribution in [0.3, 0.4) is 0 Å². The number of rotatable bonds is 13. The lowest BCUT2D eigenvalue weighted by Crippen LogP contribution is -2.33. The highest BCUT2D eigenvalue weighted by molar-refractivity contribution is 7.99. The molecule has 0 aliphatic rings. The molecule has 0 heterocycles. The van der Waals surface area contributed by atoms with Crippen molar-refractivity contribution in [2.45, 2.75) is 50.2 Å². The molecule has 0 fully saturated rings. The monoisotopic (exact) mass is 516 g/mol. The first-order chi connectivity index (χ1) is 15.3. The summed E-state index contributed by atoms with van der Waals surface area (Å²) in [5.74, 6) is 0.743. The van der Waals surface area contributed by atoms with Gasteiger partial charge in [-0.3, -0.25) is 4.79 Å². The molecule has 32 heavy (non-hydrogen) atoms. The molecule has 0 aliphatic heterocycles. The lowest BCUT2D eigenvalue weighted by Gasteiger charge is -2.22. The molecule has 176 valence electrons. The number of hydrogen-bond acceptors (Lipinski definition) is 4. The van der Waals surface area contributed by atoms with Gasteiger partial charge >= 0.3 is 0 Å². The first-order valence-corrected chi connectivity index (χ1v) is 14.0. The zero-order valence-corrected chi connectivity index (χ0v) is 21.6. The van der Waals surface area contributed by atoms with Gasteiger partial charge in [0.1, 0.15) is 0 Å². The number of unbranched alkanes of at least 4 members (excludes halogenated alkanes) is 2. The summed E-state index contributed by atoms with van der Waals surface area (Å²) >= 11 is 13.4. The fraction of sp³-hybridized carbons (Fsp3) is 0.435. The van der Waals surface area contributed by atoms with Gasteiger partial charge in [0.05, 0.1) is 20.7 Å². The van der Waals surface area contributed by atoms with Crippen LogP contribution in [0, 0.1) is 0 Å². The summed E-state index contributed by atoms with van der Waals surface area (Å²) < 4.78 is 27.6. The van der Waals surface area contributed by atoms with Gasteiger partial charge in [-0.2, -0.15) is 4.31 Å². The van der Waals surface area contributed by atoms with Crippen LogP contribution in [0.4, 0.5) is 5.69 Å². The zero-order chi connectivity index (χ0) is 23.6. The quantitative estimate of drug-likeness (QED) is 0.331. The van der Waals surface area contributed by atoms with Crippen molar-refractivity contribution in [2.75, 3.05) is 24.2 Å². The van der Waals surface area contributed by atoms with Gasteiger partial charge in [-0.15, -0.1) is 11.8 Å². The molecule has 0 aromatic heterocycles. The van der Waals surface area contributed by atoms with E-state index in [-0.39, 0.29) is 16.6 Å². The van der Waals surface area contributed by atoms with Crippen molar-refractivity contribution < 1.29 is 13.2 Å². The Hall–Kier alpha value is -1.25. The molecule has 5 nitrogen and oxygen atoms in total. The average molecular weight is 518 g/mol. The smallest absolute Gasteiger partial charge is 0.243 e. The van der Waals surface area contributed by atoms with Crippen molar-refractivity contribution in [3.8, 4) is 0 Å². The fourth-order valence-corrected chi connectivity index (χ4v) is 5.58. The Morgan fingerprint density at radius 1 is 0.969 bits per heavy atom. The molecule has 0 saturated heterocycles. The minimum absolute atomic E-state index is 0.154. The van der Waals surface area contributed by atoms with Crippen molar-refractivity contribution in [3.63, 3.8) is 0 Å². The Morgan fingerprint density at radius 2 is 1.59 bits per heavy atom. The van der Waals surface area contributed by atoms with Crippen LogP contribution >= 0.6 is 35.0 Å². The van der Waals surface area contributed by atoms with Crippen molar-refractivity contribution >= 4 is 56.6 Å². The van der Waals surface area contributed by atoms with E-state index >= 15 is 0 Å². The maximum atomic E-state index is 13.0. The summed E-state index contributed by atoms with van der Waals surface area (Å²) in [5.41, 5.74) is 1.56. The van der Waals surface area contributed by atoms with Crippen LogP contribution in [0.5, 0.6) is 0 Å². The molecule has 9 heteroatoms. The van der Waals surface area contributed by atoms with Gasteiger partial charge in [0.15, 0.2) is 0 Å². The first kappa shape index (κ1) is 27.0. The minimum atomic E-state index is -3.55. The second kappa shape index (κ2) is 13.5. The Morgan fingerprint density at radius 3 is 2.16 bits per heavy atom. The van der Waals surface area contributed by atoms with Gasteiger partial charge in [-0.1, -0.05) is 56.0 Å². The number of sulfonamides is 1. The van der Waals surface area contributed by atoms with E-state index in [0.717, 1.165) is 31.2 Å². The summed E-state index contributed by atoms with van der Waals surface area (Å²) in [7, 11) is -3.55. The van der Waals surface area contributed by atoms with E-state index in [1.165, 1.54) is 11.8 Å². The number of carbonyl (C=O) groups excluding carboxylic acids is 1. The Bertz CT molecular complexity index is 975. The maximum Gasteiger partial charge on any atom is 0.243 e. The predicted molar refractivity (Wildman–Crippen MR) is 136 cm³/mol. The normalized spacial score (nSPS) is 11.7. The van der Waals surface area contributed by atoms with Gasteiger partial charge < -0.3 is 5.32 Å². The number of hydrogen-bond donors (Lipinski definition) is 1. The molecule has 1 amide bonds.